The van der Waals surface area contributed by atoms with Gasteiger partial charge in [0, 0.05) is 37.9 Å². The number of nitrogens with zero attached hydrogens (tertiary/aromatic N) is 2. The van der Waals surface area contributed by atoms with Crippen molar-refractivity contribution in [2.45, 2.75) is 45.8 Å². The summed E-state index contributed by atoms with van der Waals surface area (Å²) in [6.45, 7) is 8.63. The molecule has 1 heterocycles. The summed E-state index contributed by atoms with van der Waals surface area (Å²) in [5.41, 5.74) is -0.270. The number of carbonyl (C=O) groups excluding carboxylic acids is 1. The van der Waals surface area contributed by atoms with E-state index in [1.165, 1.54) is 5.57 Å². The Kier molecular flexibility index (Phi) is 8.46. The summed E-state index contributed by atoms with van der Waals surface area (Å²) in [7, 11) is 0. The molecule has 2 rings (SSSR count). The minimum atomic E-state index is -4.82. The number of rotatable bonds is 7. The molecule has 1 unspecified atom stereocenters. The van der Waals surface area contributed by atoms with Gasteiger partial charge in [0.25, 0.3) is 0 Å². The first-order valence-corrected chi connectivity index (χ1v) is 10.2. The van der Waals surface area contributed by atoms with Crippen LogP contribution in [0.4, 0.5) is 28.0 Å². The van der Waals surface area contributed by atoms with Crippen LogP contribution in [-0.4, -0.2) is 48.1 Å². The molecule has 0 saturated carbocycles. The molecule has 0 aromatic heterocycles. The van der Waals surface area contributed by atoms with Gasteiger partial charge in [-0.15, -0.1) is 0 Å². The maximum absolute atomic E-state index is 13.5. The number of likely N-dealkylation sites (N-methyl/N-ethyl adjacent to an activating group) is 1. The summed E-state index contributed by atoms with van der Waals surface area (Å²) in [5.74, 6) is -1.36. The van der Waals surface area contributed by atoms with Crippen LogP contribution < -0.4 is 5.32 Å². The molecule has 0 radical (unpaired) electrons. The number of benzene rings is 1. The van der Waals surface area contributed by atoms with E-state index >= 15 is 0 Å². The Labute approximate surface area is 175 Å². The number of nitrogens with one attached hydrogen (secondary N) is 1. The zero-order valence-corrected chi connectivity index (χ0v) is 17.6. The SMILES string of the molecule is CC=C(C=CCC)CN1CCC(N(CC)C(=O)Nc2ccc(F)c(C(F)(F)F)c2)C1. The molecule has 0 aliphatic carbocycles. The van der Waals surface area contributed by atoms with Crippen molar-refractivity contribution in [2.24, 2.45) is 0 Å². The number of urea groups is 1. The van der Waals surface area contributed by atoms with E-state index in [2.05, 4.69) is 35.4 Å². The maximum atomic E-state index is 13.5. The molecule has 8 heteroatoms. The van der Waals surface area contributed by atoms with E-state index in [1.807, 2.05) is 13.8 Å². The van der Waals surface area contributed by atoms with Crippen LogP contribution in [-0.2, 0) is 6.18 Å². The highest BCUT2D eigenvalue weighted by Gasteiger charge is 2.35. The van der Waals surface area contributed by atoms with Crippen LogP contribution in [0.25, 0.3) is 0 Å². The van der Waals surface area contributed by atoms with Gasteiger partial charge in [0.05, 0.1) is 5.56 Å². The van der Waals surface area contributed by atoms with Gasteiger partial charge in [-0.1, -0.05) is 25.2 Å². The second-order valence-corrected chi connectivity index (χ2v) is 7.26. The van der Waals surface area contributed by atoms with E-state index in [0.29, 0.717) is 25.2 Å². The first-order chi connectivity index (χ1) is 14.2. The predicted molar refractivity (Wildman–Crippen MR) is 111 cm³/mol. The number of alkyl halides is 3. The van der Waals surface area contributed by atoms with Gasteiger partial charge in [-0.3, -0.25) is 4.90 Å². The van der Waals surface area contributed by atoms with E-state index in [4.69, 9.17) is 0 Å². The van der Waals surface area contributed by atoms with Gasteiger partial charge < -0.3 is 10.2 Å². The standard InChI is InChI=1S/C22H29F4N3O/c1-4-7-8-16(5-2)14-28-12-11-18(15-28)29(6-3)21(30)27-17-9-10-20(23)19(13-17)22(24,25)26/h5,7-10,13,18H,4,6,11-12,14-15H2,1-3H3,(H,27,30). The molecule has 4 nitrogen and oxygen atoms in total. The quantitative estimate of drug-likeness (QED) is 0.449. The third-order valence-electron chi connectivity index (χ3n) is 5.16. The van der Waals surface area contributed by atoms with Crippen LogP contribution in [0.1, 0.15) is 39.2 Å². The third-order valence-corrected chi connectivity index (χ3v) is 5.16. The molecule has 0 spiro atoms. The molecule has 1 aliphatic rings. The Morgan fingerprint density at radius 2 is 2.07 bits per heavy atom. The number of likely N-dealkylation sites (tertiary alicyclic amines) is 1. The van der Waals surface area contributed by atoms with Crippen LogP contribution in [0.2, 0.25) is 0 Å². The summed E-state index contributed by atoms with van der Waals surface area (Å²) < 4.78 is 52.2. The minimum absolute atomic E-state index is 0.0363. The van der Waals surface area contributed by atoms with E-state index in [-0.39, 0.29) is 11.7 Å². The molecule has 1 aliphatic heterocycles. The number of hydrogen-bond donors (Lipinski definition) is 1. The Morgan fingerprint density at radius 1 is 1.33 bits per heavy atom. The highest BCUT2D eigenvalue weighted by Crippen LogP contribution is 2.33. The highest BCUT2D eigenvalue weighted by molar-refractivity contribution is 5.89. The first kappa shape index (κ1) is 23.9. The average molecular weight is 427 g/mol. The van der Waals surface area contributed by atoms with Crippen LogP contribution in [0.3, 0.4) is 0 Å². The van der Waals surface area contributed by atoms with Gasteiger partial charge in [-0.2, -0.15) is 13.2 Å². The average Bonchev–Trinajstić information content (AvgIpc) is 3.14. The van der Waals surface area contributed by atoms with E-state index in [1.54, 1.807) is 4.90 Å². The Bertz CT molecular complexity index is 789. The monoisotopic (exact) mass is 427 g/mol. The smallest absolute Gasteiger partial charge is 0.320 e. The fourth-order valence-electron chi connectivity index (χ4n) is 3.56. The van der Waals surface area contributed by atoms with Crippen LogP contribution in [0.5, 0.6) is 0 Å². The summed E-state index contributed by atoms with van der Waals surface area (Å²) in [6, 6.07) is 1.96. The number of hydrogen-bond acceptors (Lipinski definition) is 2. The van der Waals surface area contributed by atoms with Crippen molar-refractivity contribution in [2.75, 3.05) is 31.5 Å². The molecular weight excluding hydrogens is 398 g/mol. The molecule has 0 bridgehead atoms. The molecule has 1 aromatic rings. The lowest BCUT2D eigenvalue weighted by atomic mass is 10.2. The van der Waals surface area contributed by atoms with Crippen molar-refractivity contribution in [3.63, 3.8) is 0 Å². The fourth-order valence-corrected chi connectivity index (χ4v) is 3.56. The molecule has 1 saturated heterocycles. The largest absolute Gasteiger partial charge is 0.419 e. The molecular formula is C22H29F4N3O. The normalized spacial score (nSPS) is 18.2. The third kappa shape index (κ3) is 6.32. The molecule has 1 atom stereocenters. The predicted octanol–water partition coefficient (Wildman–Crippen LogP) is 5.69. The molecule has 2 amide bonds. The Balaban J connectivity index is 2.03. The van der Waals surface area contributed by atoms with Gasteiger partial charge in [-0.25, -0.2) is 9.18 Å². The van der Waals surface area contributed by atoms with Crippen LogP contribution in [0, 0.1) is 5.82 Å². The van der Waals surface area contributed by atoms with E-state index in [0.717, 1.165) is 32.0 Å². The number of allylic oxidation sites excluding steroid dienone is 2. The first-order valence-electron chi connectivity index (χ1n) is 10.2. The molecule has 1 aromatic carbocycles. The van der Waals surface area contributed by atoms with Gasteiger partial charge >= 0.3 is 12.2 Å². The number of halogens is 4. The number of anilines is 1. The second-order valence-electron chi connectivity index (χ2n) is 7.26. The summed E-state index contributed by atoms with van der Waals surface area (Å²) in [6.07, 6.45) is 3.20. The highest BCUT2D eigenvalue weighted by atomic mass is 19.4. The summed E-state index contributed by atoms with van der Waals surface area (Å²) in [4.78, 5) is 16.6. The van der Waals surface area contributed by atoms with Crippen LogP contribution in [0.15, 0.2) is 42.0 Å². The lowest BCUT2D eigenvalue weighted by molar-refractivity contribution is -0.139. The number of carbonyl (C=O) groups is 1. The molecule has 30 heavy (non-hydrogen) atoms. The van der Waals surface area contributed by atoms with Crippen molar-refractivity contribution < 1.29 is 22.4 Å². The van der Waals surface area contributed by atoms with Crippen molar-refractivity contribution >= 4 is 11.7 Å². The van der Waals surface area contributed by atoms with Gasteiger partial charge in [0.15, 0.2) is 0 Å². The van der Waals surface area contributed by atoms with Gasteiger partial charge in [0.1, 0.15) is 5.82 Å². The molecule has 1 N–H and O–H groups in total. The lowest BCUT2D eigenvalue weighted by Crippen LogP contribution is -2.44. The van der Waals surface area contributed by atoms with Crippen molar-refractivity contribution in [3.05, 3.63) is 53.4 Å². The second kappa shape index (κ2) is 10.6. The Hall–Kier alpha value is -2.35. The molecule has 1 fully saturated rings. The fraction of sp³-hybridized carbons (Fsp3) is 0.500. The Morgan fingerprint density at radius 3 is 2.67 bits per heavy atom. The molecule has 166 valence electrons. The van der Waals surface area contributed by atoms with Crippen molar-refractivity contribution in [1.82, 2.24) is 9.80 Å². The zero-order chi connectivity index (χ0) is 22.3. The lowest BCUT2D eigenvalue weighted by Gasteiger charge is -2.28. The zero-order valence-electron chi connectivity index (χ0n) is 17.6. The van der Waals surface area contributed by atoms with Crippen molar-refractivity contribution in [3.8, 4) is 0 Å². The minimum Gasteiger partial charge on any atom is -0.320 e. The van der Waals surface area contributed by atoms with Crippen LogP contribution >= 0.6 is 0 Å². The summed E-state index contributed by atoms with van der Waals surface area (Å²) >= 11 is 0. The van der Waals surface area contributed by atoms with Gasteiger partial charge in [0.2, 0.25) is 0 Å². The number of amides is 2. The van der Waals surface area contributed by atoms with E-state index in [9.17, 15) is 22.4 Å². The van der Waals surface area contributed by atoms with Crippen molar-refractivity contribution in [1.29, 1.82) is 0 Å². The summed E-state index contributed by atoms with van der Waals surface area (Å²) in [5, 5.41) is 2.48. The van der Waals surface area contributed by atoms with E-state index < -0.39 is 23.6 Å². The van der Waals surface area contributed by atoms with Gasteiger partial charge in [-0.05, 0) is 50.5 Å². The topological polar surface area (TPSA) is 35.6 Å². The maximum Gasteiger partial charge on any atom is 0.419 e.